The molecule has 0 saturated heterocycles. The van der Waals surface area contributed by atoms with E-state index in [9.17, 15) is 4.39 Å². The lowest BCUT2D eigenvalue weighted by Gasteiger charge is -2.05. The van der Waals surface area contributed by atoms with E-state index >= 15 is 0 Å². The molecule has 17 heavy (non-hydrogen) atoms. The Hall–Kier alpha value is -1.93. The van der Waals surface area contributed by atoms with Crippen molar-refractivity contribution in [1.29, 1.82) is 5.26 Å². The van der Waals surface area contributed by atoms with Crippen LogP contribution in [0.2, 0.25) is 0 Å². The van der Waals surface area contributed by atoms with Gasteiger partial charge in [0.05, 0.1) is 0 Å². The first kappa shape index (κ1) is 11.6. The SMILES string of the molecule is N#Cc1cccc(Oc2cc(F)cc(Br)c2)n1. The number of nitrogens with zero attached hydrogens (tertiary/aromatic N) is 2. The Morgan fingerprint density at radius 2 is 2.12 bits per heavy atom. The average molecular weight is 293 g/mol. The van der Waals surface area contributed by atoms with Gasteiger partial charge in [-0.3, -0.25) is 0 Å². The fourth-order valence-corrected chi connectivity index (χ4v) is 1.69. The Labute approximate surface area is 106 Å². The maximum Gasteiger partial charge on any atom is 0.220 e. The predicted octanol–water partition coefficient (Wildman–Crippen LogP) is 3.65. The van der Waals surface area contributed by atoms with E-state index in [2.05, 4.69) is 20.9 Å². The molecule has 0 amide bonds. The fourth-order valence-electron chi connectivity index (χ4n) is 1.24. The summed E-state index contributed by atoms with van der Waals surface area (Å²) in [5, 5.41) is 8.68. The summed E-state index contributed by atoms with van der Waals surface area (Å²) in [5.74, 6) is 0.159. The molecular weight excluding hydrogens is 287 g/mol. The quantitative estimate of drug-likeness (QED) is 0.849. The number of benzene rings is 1. The van der Waals surface area contributed by atoms with Gasteiger partial charge >= 0.3 is 0 Å². The smallest absolute Gasteiger partial charge is 0.220 e. The van der Waals surface area contributed by atoms with Crippen molar-refractivity contribution in [3.05, 3.63) is 52.4 Å². The largest absolute Gasteiger partial charge is 0.439 e. The molecule has 1 aromatic carbocycles. The third-order valence-electron chi connectivity index (χ3n) is 1.90. The summed E-state index contributed by atoms with van der Waals surface area (Å²) in [4.78, 5) is 3.92. The van der Waals surface area contributed by atoms with E-state index in [1.165, 1.54) is 12.1 Å². The monoisotopic (exact) mass is 292 g/mol. The lowest BCUT2D eigenvalue weighted by atomic mass is 10.3. The molecule has 1 heterocycles. The zero-order valence-corrected chi connectivity index (χ0v) is 10.1. The Morgan fingerprint density at radius 1 is 1.29 bits per heavy atom. The standard InChI is InChI=1S/C12H6BrFN2O/c13-8-4-9(14)6-11(5-8)17-12-3-1-2-10(7-15)16-12/h1-6H. The van der Waals surface area contributed by atoms with Gasteiger partial charge in [-0.05, 0) is 18.2 Å². The summed E-state index contributed by atoms with van der Waals surface area (Å²) in [6.45, 7) is 0. The van der Waals surface area contributed by atoms with E-state index in [-0.39, 0.29) is 11.6 Å². The summed E-state index contributed by atoms with van der Waals surface area (Å²) < 4.78 is 19.0. The summed E-state index contributed by atoms with van der Waals surface area (Å²) in [7, 11) is 0. The molecule has 0 unspecified atom stereocenters. The van der Waals surface area contributed by atoms with Crippen LogP contribution in [-0.2, 0) is 0 Å². The lowest BCUT2D eigenvalue weighted by Crippen LogP contribution is -1.90. The summed E-state index contributed by atoms with van der Waals surface area (Å²) in [5.41, 5.74) is 0.248. The summed E-state index contributed by atoms with van der Waals surface area (Å²) in [6.07, 6.45) is 0. The summed E-state index contributed by atoms with van der Waals surface area (Å²) >= 11 is 3.16. The van der Waals surface area contributed by atoms with Crippen LogP contribution in [0.1, 0.15) is 5.69 Å². The number of aromatic nitrogens is 1. The van der Waals surface area contributed by atoms with E-state index in [1.807, 2.05) is 6.07 Å². The molecule has 2 rings (SSSR count). The van der Waals surface area contributed by atoms with Crippen molar-refractivity contribution >= 4 is 15.9 Å². The predicted molar refractivity (Wildman–Crippen MR) is 63.1 cm³/mol. The highest BCUT2D eigenvalue weighted by Gasteiger charge is 2.03. The van der Waals surface area contributed by atoms with Gasteiger partial charge < -0.3 is 4.74 Å². The highest BCUT2D eigenvalue weighted by molar-refractivity contribution is 9.10. The van der Waals surface area contributed by atoms with Crippen LogP contribution in [0.4, 0.5) is 4.39 Å². The first-order valence-corrected chi connectivity index (χ1v) is 5.48. The van der Waals surface area contributed by atoms with Crippen LogP contribution in [0.25, 0.3) is 0 Å². The second-order valence-corrected chi connectivity index (χ2v) is 4.10. The normalized spacial score (nSPS) is 9.71. The van der Waals surface area contributed by atoms with Crippen molar-refractivity contribution in [2.24, 2.45) is 0 Å². The number of nitriles is 1. The maximum absolute atomic E-state index is 13.1. The molecule has 3 nitrogen and oxygen atoms in total. The second kappa shape index (κ2) is 4.93. The van der Waals surface area contributed by atoms with Crippen LogP contribution in [0, 0.1) is 17.1 Å². The van der Waals surface area contributed by atoms with E-state index in [1.54, 1.807) is 24.3 Å². The fraction of sp³-hybridized carbons (Fsp3) is 0. The lowest BCUT2D eigenvalue weighted by molar-refractivity contribution is 0.457. The third kappa shape index (κ3) is 3.02. The molecule has 0 atom stereocenters. The first-order valence-electron chi connectivity index (χ1n) is 4.68. The minimum Gasteiger partial charge on any atom is -0.439 e. The van der Waals surface area contributed by atoms with E-state index < -0.39 is 5.82 Å². The Morgan fingerprint density at radius 3 is 2.82 bits per heavy atom. The van der Waals surface area contributed by atoms with Gasteiger partial charge in [0, 0.05) is 16.6 Å². The minimum atomic E-state index is -0.411. The second-order valence-electron chi connectivity index (χ2n) is 3.18. The van der Waals surface area contributed by atoms with Crippen molar-refractivity contribution in [2.75, 3.05) is 0 Å². The van der Waals surface area contributed by atoms with E-state index in [0.29, 0.717) is 10.2 Å². The zero-order chi connectivity index (χ0) is 12.3. The van der Waals surface area contributed by atoms with Gasteiger partial charge in [-0.25, -0.2) is 9.37 Å². The first-order chi connectivity index (χ1) is 8.17. The van der Waals surface area contributed by atoms with Gasteiger partial charge in [-0.2, -0.15) is 5.26 Å². The van der Waals surface area contributed by atoms with Gasteiger partial charge in [0.15, 0.2) is 0 Å². The number of rotatable bonds is 2. The van der Waals surface area contributed by atoms with Crippen LogP contribution in [0.3, 0.4) is 0 Å². The molecule has 0 aliphatic heterocycles. The van der Waals surface area contributed by atoms with Crippen LogP contribution >= 0.6 is 15.9 Å². The Balaban J connectivity index is 2.28. The molecular formula is C12H6BrFN2O. The number of ether oxygens (including phenoxy) is 1. The number of hydrogen-bond acceptors (Lipinski definition) is 3. The molecule has 0 aliphatic rings. The van der Waals surface area contributed by atoms with Crippen molar-refractivity contribution in [3.8, 4) is 17.7 Å². The highest BCUT2D eigenvalue weighted by Crippen LogP contribution is 2.24. The van der Waals surface area contributed by atoms with Crippen LogP contribution < -0.4 is 4.74 Å². The molecule has 0 radical (unpaired) electrons. The molecule has 0 N–H and O–H groups in total. The number of hydrogen-bond donors (Lipinski definition) is 0. The molecule has 0 fully saturated rings. The Bertz CT molecular complexity index is 575. The van der Waals surface area contributed by atoms with Gasteiger partial charge in [-0.1, -0.05) is 22.0 Å². The van der Waals surface area contributed by atoms with Crippen LogP contribution in [0.15, 0.2) is 40.9 Å². The molecule has 2 aromatic rings. The molecule has 84 valence electrons. The third-order valence-corrected chi connectivity index (χ3v) is 2.35. The molecule has 0 spiro atoms. The van der Waals surface area contributed by atoms with Crippen molar-refractivity contribution in [3.63, 3.8) is 0 Å². The van der Waals surface area contributed by atoms with Gasteiger partial charge in [0.1, 0.15) is 23.3 Å². The molecule has 0 saturated carbocycles. The number of pyridine rings is 1. The Kier molecular flexibility index (Phi) is 3.35. The molecule has 0 aliphatic carbocycles. The van der Waals surface area contributed by atoms with Crippen molar-refractivity contribution in [2.45, 2.75) is 0 Å². The zero-order valence-electron chi connectivity index (χ0n) is 8.52. The highest BCUT2D eigenvalue weighted by atomic mass is 79.9. The molecule has 0 bridgehead atoms. The number of halogens is 2. The maximum atomic E-state index is 13.1. The topological polar surface area (TPSA) is 45.9 Å². The minimum absolute atomic E-state index is 0.248. The van der Waals surface area contributed by atoms with Crippen molar-refractivity contribution < 1.29 is 9.13 Å². The van der Waals surface area contributed by atoms with E-state index in [4.69, 9.17) is 10.00 Å². The molecule has 1 aromatic heterocycles. The van der Waals surface area contributed by atoms with Gasteiger partial charge in [0.2, 0.25) is 5.88 Å². The summed E-state index contributed by atoms with van der Waals surface area (Å²) in [6, 6.07) is 10.9. The molecule has 5 heteroatoms. The van der Waals surface area contributed by atoms with E-state index in [0.717, 1.165) is 0 Å². The van der Waals surface area contributed by atoms with Crippen molar-refractivity contribution in [1.82, 2.24) is 4.98 Å². The van der Waals surface area contributed by atoms with Crippen LogP contribution in [-0.4, -0.2) is 4.98 Å². The van der Waals surface area contributed by atoms with Crippen LogP contribution in [0.5, 0.6) is 11.6 Å². The average Bonchev–Trinajstić information content (AvgIpc) is 2.28. The van der Waals surface area contributed by atoms with Gasteiger partial charge in [0.25, 0.3) is 0 Å². The van der Waals surface area contributed by atoms with Gasteiger partial charge in [-0.15, -0.1) is 0 Å².